The Labute approximate surface area is 181 Å². The monoisotopic (exact) mass is 419 g/mol. The molecule has 0 radical (unpaired) electrons. The Kier molecular flexibility index (Phi) is 6.36. The van der Waals surface area contributed by atoms with Gasteiger partial charge in [-0.2, -0.15) is 0 Å². The maximum Gasteiger partial charge on any atom is 0.410 e. The molecule has 0 bridgehead atoms. The number of rotatable bonds is 6. The molecular formula is C25H25NO5. The molecule has 3 atom stereocenters. The van der Waals surface area contributed by atoms with Gasteiger partial charge in [-0.05, 0) is 35.8 Å². The van der Waals surface area contributed by atoms with Crippen molar-refractivity contribution in [1.29, 1.82) is 0 Å². The van der Waals surface area contributed by atoms with Gasteiger partial charge >= 0.3 is 12.1 Å². The van der Waals surface area contributed by atoms with Crippen molar-refractivity contribution in [2.45, 2.75) is 31.6 Å². The van der Waals surface area contributed by atoms with E-state index < -0.39 is 18.1 Å². The van der Waals surface area contributed by atoms with Gasteiger partial charge in [0.15, 0.2) is 0 Å². The molecule has 4 rings (SSSR count). The third-order valence-corrected chi connectivity index (χ3v) is 5.62. The van der Waals surface area contributed by atoms with Crippen LogP contribution >= 0.6 is 0 Å². The van der Waals surface area contributed by atoms with E-state index in [9.17, 15) is 14.7 Å². The van der Waals surface area contributed by atoms with Gasteiger partial charge in [0, 0.05) is 18.9 Å². The Morgan fingerprint density at radius 1 is 1.03 bits per heavy atom. The normalized spacial score (nSPS) is 22.6. The summed E-state index contributed by atoms with van der Waals surface area (Å²) in [6, 6.07) is 18.1. The first kappa shape index (κ1) is 20.7. The summed E-state index contributed by atoms with van der Waals surface area (Å²) in [6.45, 7) is 0.444. The number of carboxylic acid groups (broad SMARTS) is 1. The fourth-order valence-electron chi connectivity index (χ4n) is 4.00. The predicted octanol–water partition coefficient (Wildman–Crippen LogP) is 4.43. The maximum atomic E-state index is 12.6. The lowest BCUT2D eigenvalue weighted by Gasteiger charge is -2.22. The smallest absolute Gasteiger partial charge is 0.410 e. The summed E-state index contributed by atoms with van der Waals surface area (Å²) >= 11 is 0. The molecule has 1 saturated heterocycles. The van der Waals surface area contributed by atoms with E-state index in [1.807, 2.05) is 72.8 Å². The summed E-state index contributed by atoms with van der Waals surface area (Å²) in [5.41, 5.74) is 1.90. The summed E-state index contributed by atoms with van der Waals surface area (Å²) < 4.78 is 11.3. The Hall–Kier alpha value is -3.54. The van der Waals surface area contributed by atoms with Crippen LogP contribution in [0.3, 0.4) is 0 Å². The predicted molar refractivity (Wildman–Crippen MR) is 116 cm³/mol. The van der Waals surface area contributed by atoms with Crippen LogP contribution in [0.5, 0.6) is 5.75 Å². The van der Waals surface area contributed by atoms with Gasteiger partial charge in [-0.15, -0.1) is 0 Å². The van der Waals surface area contributed by atoms with Crippen molar-refractivity contribution < 1.29 is 24.2 Å². The van der Waals surface area contributed by atoms with Crippen molar-refractivity contribution in [3.05, 3.63) is 90.0 Å². The van der Waals surface area contributed by atoms with Crippen molar-refractivity contribution >= 4 is 12.1 Å². The minimum absolute atomic E-state index is 0.0423. The van der Waals surface area contributed by atoms with Crippen molar-refractivity contribution in [2.24, 2.45) is 5.92 Å². The summed E-state index contributed by atoms with van der Waals surface area (Å²) in [6.07, 6.45) is 6.48. The van der Waals surface area contributed by atoms with Gasteiger partial charge in [-0.3, -0.25) is 4.90 Å². The molecule has 6 nitrogen and oxygen atoms in total. The van der Waals surface area contributed by atoms with Gasteiger partial charge in [0.2, 0.25) is 0 Å². The molecule has 0 aromatic heterocycles. The highest BCUT2D eigenvalue weighted by Crippen LogP contribution is 2.33. The zero-order chi connectivity index (χ0) is 21.6. The van der Waals surface area contributed by atoms with Crippen LogP contribution in [0.1, 0.15) is 18.4 Å². The number of aliphatic carboxylic acids is 1. The summed E-state index contributed by atoms with van der Waals surface area (Å²) in [7, 11) is 0. The van der Waals surface area contributed by atoms with Gasteiger partial charge in [-0.1, -0.05) is 60.7 Å². The number of allylic oxidation sites excluding steroid dienone is 1. The number of nitrogens with zero attached hydrogens (tertiary/aromatic N) is 1. The molecule has 1 aliphatic carbocycles. The summed E-state index contributed by atoms with van der Waals surface area (Å²) in [5, 5.41) is 9.63. The zero-order valence-electron chi connectivity index (χ0n) is 17.1. The molecule has 1 N–H and O–H groups in total. The van der Waals surface area contributed by atoms with Crippen molar-refractivity contribution in [1.82, 2.24) is 4.90 Å². The van der Waals surface area contributed by atoms with E-state index in [1.165, 1.54) is 4.90 Å². The molecular weight excluding hydrogens is 394 g/mol. The number of carboxylic acids is 1. The Morgan fingerprint density at radius 3 is 2.39 bits per heavy atom. The fourth-order valence-corrected chi connectivity index (χ4v) is 4.00. The fraction of sp³-hybridized carbons (Fsp3) is 0.280. The van der Waals surface area contributed by atoms with Crippen LogP contribution in [0.2, 0.25) is 0 Å². The molecule has 6 heteroatoms. The van der Waals surface area contributed by atoms with Crippen LogP contribution in [-0.2, 0) is 16.1 Å². The average Bonchev–Trinajstić information content (AvgIpc) is 3.25. The minimum atomic E-state index is -1.01. The number of para-hydroxylation sites is 1. The van der Waals surface area contributed by atoms with Crippen LogP contribution in [-0.4, -0.2) is 40.8 Å². The maximum absolute atomic E-state index is 12.6. The lowest BCUT2D eigenvalue weighted by molar-refractivity contribution is -0.141. The molecule has 2 aromatic rings. The van der Waals surface area contributed by atoms with Crippen LogP contribution in [0.25, 0.3) is 0 Å². The van der Waals surface area contributed by atoms with Gasteiger partial charge in [0.05, 0.1) is 0 Å². The topological polar surface area (TPSA) is 76.1 Å². The second-order valence-corrected chi connectivity index (χ2v) is 7.75. The molecule has 2 aromatic carbocycles. The lowest BCUT2D eigenvalue weighted by atomic mass is 9.91. The molecule has 0 saturated carbocycles. The highest BCUT2D eigenvalue weighted by Gasteiger charge is 2.41. The van der Waals surface area contributed by atoms with E-state index in [0.717, 1.165) is 16.9 Å². The molecule has 1 fully saturated rings. The first-order valence-corrected chi connectivity index (χ1v) is 10.4. The first-order valence-electron chi connectivity index (χ1n) is 10.4. The van der Waals surface area contributed by atoms with Crippen LogP contribution in [0.4, 0.5) is 4.79 Å². The molecule has 2 aliphatic rings. The largest absolute Gasteiger partial charge is 0.486 e. The number of benzene rings is 2. The van der Waals surface area contributed by atoms with Gasteiger partial charge in [0.25, 0.3) is 0 Å². The van der Waals surface area contributed by atoms with Gasteiger partial charge in [-0.25, -0.2) is 9.59 Å². The van der Waals surface area contributed by atoms with E-state index in [-0.39, 0.29) is 18.6 Å². The second kappa shape index (κ2) is 9.51. The number of carbonyl (C=O) groups excluding carboxylic acids is 1. The highest BCUT2D eigenvalue weighted by molar-refractivity contribution is 5.81. The third kappa shape index (κ3) is 5.15. The standard InChI is InChI=1S/C25H25NO5/c27-24(28)23-15-20(16-26(23)25(29)30-17-18-7-3-1-4-8-18)19-11-13-22(14-12-19)31-21-9-5-2-6-10-21/h1-13,20,22-23H,14-17H2,(H,27,28)/t20?,22?,23-/m0/s1. The molecule has 1 aliphatic heterocycles. The number of hydrogen-bond acceptors (Lipinski definition) is 4. The molecule has 1 amide bonds. The van der Waals surface area contributed by atoms with Crippen LogP contribution in [0, 0.1) is 5.92 Å². The van der Waals surface area contributed by atoms with E-state index >= 15 is 0 Å². The second-order valence-electron chi connectivity index (χ2n) is 7.75. The number of likely N-dealkylation sites (tertiary alicyclic amines) is 1. The van der Waals surface area contributed by atoms with Gasteiger partial charge < -0.3 is 14.6 Å². The van der Waals surface area contributed by atoms with Gasteiger partial charge in [0.1, 0.15) is 24.5 Å². The average molecular weight is 419 g/mol. The molecule has 2 unspecified atom stereocenters. The van der Waals surface area contributed by atoms with E-state index in [4.69, 9.17) is 9.47 Å². The minimum Gasteiger partial charge on any atom is -0.486 e. The Morgan fingerprint density at radius 2 is 1.74 bits per heavy atom. The van der Waals surface area contributed by atoms with Crippen molar-refractivity contribution in [3.8, 4) is 5.75 Å². The first-order chi connectivity index (χ1) is 15.1. The Bertz CT molecular complexity index is 970. The van der Waals surface area contributed by atoms with E-state index in [0.29, 0.717) is 19.4 Å². The SMILES string of the molecule is O=C(O)[C@@H]1CC(C2=CCC(Oc3ccccc3)C=C2)CN1C(=O)OCc1ccccc1. The quantitative estimate of drug-likeness (QED) is 0.750. The molecule has 1 heterocycles. The molecule has 0 spiro atoms. The van der Waals surface area contributed by atoms with Crippen LogP contribution < -0.4 is 4.74 Å². The summed E-state index contributed by atoms with van der Waals surface area (Å²) in [4.78, 5) is 25.7. The van der Waals surface area contributed by atoms with E-state index in [2.05, 4.69) is 6.08 Å². The van der Waals surface area contributed by atoms with Crippen molar-refractivity contribution in [2.75, 3.05) is 6.54 Å². The number of carbonyl (C=O) groups is 2. The number of hydrogen-bond donors (Lipinski definition) is 1. The van der Waals surface area contributed by atoms with Crippen LogP contribution in [0.15, 0.2) is 84.5 Å². The molecule has 160 valence electrons. The number of amides is 1. The zero-order valence-corrected chi connectivity index (χ0v) is 17.1. The molecule has 31 heavy (non-hydrogen) atoms. The highest BCUT2D eigenvalue weighted by atomic mass is 16.6. The third-order valence-electron chi connectivity index (χ3n) is 5.62. The summed E-state index contributed by atoms with van der Waals surface area (Å²) in [5.74, 6) is -0.239. The van der Waals surface area contributed by atoms with Crippen molar-refractivity contribution in [3.63, 3.8) is 0 Å². The lowest BCUT2D eigenvalue weighted by Crippen LogP contribution is -2.40. The Balaban J connectivity index is 1.36. The number of ether oxygens (including phenoxy) is 2. The van der Waals surface area contributed by atoms with E-state index in [1.54, 1.807) is 0 Å².